The van der Waals surface area contributed by atoms with Gasteiger partial charge in [0.15, 0.2) is 0 Å². The molecule has 19 heavy (non-hydrogen) atoms. The number of ether oxygens (including phenoxy) is 2. The van der Waals surface area contributed by atoms with E-state index in [0.717, 1.165) is 19.3 Å². The maximum Gasteiger partial charge on any atom is 0.249 e. The van der Waals surface area contributed by atoms with Crippen LogP contribution >= 0.6 is 12.4 Å². The van der Waals surface area contributed by atoms with Gasteiger partial charge in [-0.25, -0.2) is 0 Å². The number of carbonyl (C=O) groups excluding carboxylic acids is 1. The maximum absolute atomic E-state index is 12.0. The van der Waals surface area contributed by atoms with Gasteiger partial charge in [0.25, 0.3) is 0 Å². The highest BCUT2D eigenvalue weighted by Crippen LogP contribution is 2.20. The van der Waals surface area contributed by atoms with Crippen LogP contribution in [0.25, 0.3) is 0 Å². The van der Waals surface area contributed by atoms with E-state index in [9.17, 15) is 4.79 Å². The van der Waals surface area contributed by atoms with Gasteiger partial charge in [-0.1, -0.05) is 0 Å². The van der Waals surface area contributed by atoms with E-state index in [-0.39, 0.29) is 42.2 Å². The molecule has 0 aliphatic carbocycles. The third kappa shape index (κ3) is 6.08. The van der Waals surface area contributed by atoms with E-state index in [1.807, 2.05) is 20.8 Å². The molecule has 1 unspecified atom stereocenters. The Morgan fingerprint density at radius 1 is 1.53 bits per heavy atom. The zero-order valence-corrected chi connectivity index (χ0v) is 13.1. The van der Waals surface area contributed by atoms with Crippen molar-refractivity contribution in [2.24, 2.45) is 5.73 Å². The van der Waals surface area contributed by atoms with Gasteiger partial charge in [0.2, 0.25) is 5.91 Å². The van der Waals surface area contributed by atoms with E-state index in [2.05, 4.69) is 5.32 Å². The van der Waals surface area contributed by atoms with E-state index in [1.165, 1.54) is 0 Å². The number of rotatable bonds is 6. The number of nitrogens with one attached hydrogen (secondary N) is 1. The number of carbonyl (C=O) groups is 1. The summed E-state index contributed by atoms with van der Waals surface area (Å²) in [6.07, 6.45) is 2.08. The fourth-order valence-electron chi connectivity index (χ4n) is 2.28. The smallest absolute Gasteiger partial charge is 0.249 e. The highest BCUT2D eigenvalue weighted by molar-refractivity contribution is 5.85. The standard InChI is InChI=1S/C13H26N2O3.ClH/c1-9(7-13(2,3)17-4)15-12(16)11-6-5-10(8-14)18-11;/h9-11H,5-8,14H2,1-4H3,(H,15,16);1H/t9?,10-,11+;/m1./s1. The summed E-state index contributed by atoms with van der Waals surface area (Å²) in [6, 6.07) is 0.0629. The van der Waals surface area contributed by atoms with Crippen molar-refractivity contribution in [1.82, 2.24) is 5.32 Å². The van der Waals surface area contributed by atoms with Crippen molar-refractivity contribution in [2.45, 2.75) is 63.9 Å². The van der Waals surface area contributed by atoms with Crippen molar-refractivity contribution < 1.29 is 14.3 Å². The molecule has 3 N–H and O–H groups in total. The third-order valence-electron chi connectivity index (χ3n) is 3.40. The quantitative estimate of drug-likeness (QED) is 0.773. The van der Waals surface area contributed by atoms with Crippen LogP contribution < -0.4 is 11.1 Å². The van der Waals surface area contributed by atoms with Crippen LogP contribution in [0.4, 0.5) is 0 Å². The zero-order valence-electron chi connectivity index (χ0n) is 12.3. The first-order chi connectivity index (χ1) is 8.38. The van der Waals surface area contributed by atoms with Crippen molar-refractivity contribution >= 4 is 18.3 Å². The molecular formula is C13H27ClN2O3. The molecule has 0 aromatic heterocycles. The number of hydrogen-bond donors (Lipinski definition) is 2. The maximum atomic E-state index is 12.0. The van der Waals surface area contributed by atoms with Crippen LogP contribution in [-0.4, -0.2) is 43.4 Å². The van der Waals surface area contributed by atoms with Crippen molar-refractivity contribution in [3.63, 3.8) is 0 Å². The normalized spacial score (nSPS) is 24.7. The van der Waals surface area contributed by atoms with Gasteiger partial charge in [-0.2, -0.15) is 0 Å². The molecule has 1 amide bonds. The van der Waals surface area contributed by atoms with Crippen LogP contribution in [0.2, 0.25) is 0 Å². The molecule has 3 atom stereocenters. The van der Waals surface area contributed by atoms with E-state index < -0.39 is 0 Å². The Kier molecular flexibility index (Phi) is 7.89. The molecule has 1 aliphatic rings. The molecular weight excluding hydrogens is 268 g/mol. The molecule has 0 saturated carbocycles. The lowest BCUT2D eigenvalue weighted by molar-refractivity contribution is -0.132. The minimum Gasteiger partial charge on any atom is -0.379 e. The lowest BCUT2D eigenvalue weighted by Gasteiger charge is -2.27. The van der Waals surface area contributed by atoms with Crippen LogP contribution in [0.3, 0.4) is 0 Å². The number of nitrogens with two attached hydrogens (primary N) is 1. The monoisotopic (exact) mass is 294 g/mol. The fraction of sp³-hybridized carbons (Fsp3) is 0.923. The molecule has 1 heterocycles. The Hall–Kier alpha value is -0.360. The molecule has 0 radical (unpaired) electrons. The van der Waals surface area contributed by atoms with Gasteiger partial charge in [0, 0.05) is 19.7 Å². The van der Waals surface area contributed by atoms with Crippen molar-refractivity contribution in [1.29, 1.82) is 0 Å². The Labute approximate surface area is 122 Å². The molecule has 0 bridgehead atoms. The van der Waals surface area contributed by atoms with Gasteiger partial charge in [-0.15, -0.1) is 12.4 Å². The minimum atomic E-state index is -0.341. The molecule has 6 heteroatoms. The summed E-state index contributed by atoms with van der Waals surface area (Å²) < 4.78 is 10.9. The van der Waals surface area contributed by atoms with Gasteiger partial charge in [0.1, 0.15) is 6.10 Å². The van der Waals surface area contributed by atoms with Crippen LogP contribution in [0.5, 0.6) is 0 Å². The van der Waals surface area contributed by atoms with E-state index in [1.54, 1.807) is 7.11 Å². The highest BCUT2D eigenvalue weighted by Gasteiger charge is 2.31. The SMILES string of the molecule is COC(C)(C)CC(C)NC(=O)[C@@H]1CC[C@H](CN)O1.Cl. The van der Waals surface area contributed by atoms with Gasteiger partial charge >= 0.3 is 0 Å². The molecule has 0 spiro atoms. The van der Waals surface area contributed by atoms with Gasteiger partial charge in [0.05, 0.1) is 11.7 Å². The first-order valence-electron chi connectivity index (χ1n) is 6.59. The summed E-state index contributed by atoms with van der Waals surface area (Å²) in [6.45, 7) is 6.47. The topological polar surface area (TPSA) is 73.6 Å². The van der Waals surface area contributed by atoms with Crippen molar-refractivity contribution in [3.05, 3.63) is 0 Å². The lowest BCUT2D eigenvalue weighted by Crippen LogP contribution is -2.43. The Balaban J connectivity index is 0.00000324. The first-order valence-corrected chi connectivity index (χ1v) is 6.59. The van der Waals surface area contributed by atoms with Gasteiger partial charge in [-0.3, -0.25) is 4.79 Å². The van der Waals surface area contributed by atoms with Crippen LogP contribution in [0.15, 0.2) is 0 Å². The van der Waals surface area contributed by atoms with E-state index in [4.69, 9.17) is 15.2 Å². The predicted octanol–water partition coefficient (Wildman–Crippen LogP) is 1.23. The average Bonchev–Trinajstić information content (AvgIpc) is 2.76. The fourth-order valence-corrected chi connectivity index (χ4v) is 2.28. The summed E-state index contributed by atoms with van der Waals surface area (Å²) >= 11 is 0. The summed E-state index contributed by atoms with van der Waals surface area (Å²) in [5, 5.41) is 2.97. The minimum absolute atomic E-state index is 0. The zero-order chi connectivity index (χ0) is 13.8. The van der Waals surface area contributed by atoms with Crippen LogP contribution in [0, 0.1) is 0 Å². The largest absolute Gasteiger partial charge is 0.379 e. The number of methoxy groups -OCH3 is 1. The summed E-state index contributed by atoms with van der Waals surface area (Å²) in [5.74, 6) is -0.0367. The Morgan fingerprint density at radius 2 is 2.16 bits per heavy atom. The molecule has 1 saturated heterocycles. The second-order valence-corrected chi connectivity index (χ2v) is 5.64. The Morgan fingerprint density at radius 3 is 2.63 bits per heavy atom. The summed E-state index contributed by atoms with van der Waals surface area (Å²) in [5.41, 5.74) is 5.29. The molecule has 1 aliphatic heterocycles. The number of amides is 1. The lowest BCUT2D eigenvalue weighted by atomic mass is 9.99. The summed E-state index contributed by atoms with van der Waals surface area (Å²) in [7, 11) is 1.68. The van der Waals surface area contributed by atoms with E-state index >= 15 is 0 Å². The van der Waals surface area contributed by atoms with Crippen molar-refractivity contribution in [3.8, 4) is 0 Å². The summed E-state index contributed by atoms with van der Waals surface area (Å²) in [4.78, 5) is 12.0. The van der Waals surface area contributed by atoms with Gasteiger partial charge < -0.3 is 20.5 Å². The second-order valence-electron chi connectivity index (χ2n) is 5.64. The third-order valence-corrected chi connectivity index (χ3v) is 3.40. The van der Waals surface area contributed by atoms with Crippen LogP contribution in [0.1, 0.15) is 40.0 Å². The highest BCUT2D eigenvalue weighted by atomic mass is 35.5. The molecule has 0 aromatic carbocycles. The molecule has 114 valence electrons. The predicted molar refractivity (Wildman–Crippen MR) is 77.5 cm³/mol. The number of halogens is 1. The second kappa shape index (κ2) is 8.04. The van der Waals surface area contributed by atoms with Gasteiger partial charge in [-0.05, 0) is 40.0 Å². The Bertz CT molecular complexity index is 287. The number of hydrogen-bond acceptors (Lipinski definition) is 4. The van der Waals surface area contributed by atoms with Crippen LogP contribution in [-0.2, 0) is 14.3 Å². The van der Waals surface area contributed by atoms with E-state index in [0.29, 0.717) is 6.54 Å². The molecule has 1 fully saturated rings. The first kappa shape index (κ1) is 18.6. The average molecular weight is 295 g/mol. The molecule has 5 nitrogen and oxygen atoms in total. The van der Waals surface area contributed by atoms with Crippen molar-refractivity contribution in [2.75, 3.05) is 13.7 Å². The molecule has 0 aromatic rings. The molecule has 1 rings (SSSR count).